The minimum atomic E-state index is -0.532. The largest absolute Gasteiger partial charge is 0.486 e. The number of likely N-dealkylation sites (N-methyl/N-ethyl adjacent to an activating group) is 1. The highest BCUT2D eigenvalue weighted by Crippen LogP contribution is 2.22. The molecule has 1 atom stereocenters. The van der Waals surface area contributed by atoms with Gasteiger partial charge in [0, 0.05) is 7.05 Å². The lowest BCUT2D eigenvalue weighted by Gasteiger charge is -2.19. The van der Waals surface area contributed by atoms with E-state index in [1.165, 1.54) is 5.01 Å². The molecule has 7 heteroatoms. The number of aromatic nitrogens is 1. The summed E-state index contributed by atoms with van der Waals surface area (Å²) in [7, 11) is 1.59. The van der Waals surface area contributed by atoms with Gasteiger partial charge in [0.15, 0.2) is 0 Å². The third-order valence-corrected chi connectivity index (χ3v) is 3.55. The molecular formula is C16H27FN4O2. The molecule has 0 saturated heterocycles. The number of alkyl halides is 1. The summed E-state index contributed by atoms with van der Waals surface area (Å²) in [5.74, 6) is 6.16. The van der Waals surface area contributed by atoms with Crippen LogP contribution >= 0.6 is 0 Å². The SMILES string of the molecule is CCCCC(CF)Oc1ccc(/C(N)=C(\CO)N(C)N)nc1C. The lowest BCUT2D eigenvalue weighted by molar-refractivity contribution is 0.151. The van der Waals surface area contributed by atoms with Crippen molar-refractivity contribution in [1.82, 2.24) is 9.99 Å². The maximum Gasteiger partial charge on any atom is 0.141 e. The molecule has 1 rings (SSSR count). The number of ether oxygens (including phenoxy) is 1. The molecular weight excluding hydrogens is 299 g/mol. The van der Waals surface area contributed by atoms with Crippen LogP contribution in [0.1, 0.15) is 37.6 Å². The standard InChI is InChI=1S/C16H27FN4O2/c1-4-5-6-12(9-17)23-15-8-7-13(20-11(15)2)16(18)14(10-22)21(3)19/h7-8,12,22H,4-6,9-10,18-19H2,1-3H3/b16-14-. The molecule has 0 saturated carbocycles. The number of nitrogens with zero attached hydrogens (tertiary/aromatic N) is 2. The maximum atomic E-state index is 13.0. The van der Waals surface area contributed by atoms with E-state index in [-0.39, 0.29) is 6.61 Å². The number of aliphatic hydroxyl groups is 1. The number of hydrazine groups is 1. The van der Waals surface area contributed by atoms with Crippen LogP contribution < -0.4 is 16.3 Å². The van der Waals surface area contributed by atoms with Crippen molar-refractivity contribution in [3.05, 3.63) is 29.2 Å². The molecule has 1 aromatic rings. The van der Waals surface area contributed by atoms with Crippen molar-refractivity contribution in [3.63, 3.8) is 0 Å². The third-order valence-electron chi connectivity index (χ3n) is 3.55. The molecule has 6 nitrogen and oxygen atoms in total. The first-order valence-electron chi connectivity index (χ1n) is 7.73. The number of hydrogen-bond acceptors (Lipinski definition) is 6. The fourth-order valence-corrected chi connectivity index (χ4v) is 2.14. The zero-order valence-corrected chi connectivity index (χ0v) is 14.1. The molecule has 0 spiro atoms. The van der Waals surface area contributed by atoms with Crippen molar-refractivity contribution in [3.8, 4) is 5.75 Å². The van der Waals surface area contributed by atoms with Gasteiger partial charge in [0.05, 0.1) is 29.4 Å². The van der Waals surface area contributed by atoms with Gasteiger partial charge in [0.25, 0.3) is 0 Å². The van der Waals surface area contributed by atoms with Gasteiger partial charge in [-0.05, 0) is 31.9 Å². The zero-order chi connectivity index (χ0) is 17.4. The van der Waals surface area contributed by atoms with Crippen LogP contribution in [0.3, 0.4) is 0 Å². The topological polar surface area (TPSA) is 97.6 Å². The molecule has 1 aromatic heterocycles. The van der Waals surface area contributed by atoms with Gasteiger partial charge < -0.3 is 20.6 Å². The molecule has 0 bridgehead atoms. The molecule has 130 valence electrons. The van der Waals surface area contributed by atoms with Gasteiger partial charge in [0.2, 0.25) is 0 Å². The Labute approximate surface area is 136 Å². The molecule has 1 heterocycles. The average Bonchev–Trinajstić information content (AvgIpc) is 2.52. The second-order valence-electron chi connectivity index (χ2n) is 5.45. The van der Waals surface area contributed by atoms with Gasteiger partial charge in [0.1, 0.15) is 18.5 Å². The van der Waals surface area contributed by atoms with Gasteiger partial charge in [-0.2, -0.15) is 0 Å². The third kappa shape index (κ3) is 5.37. The summed E-state index contributed by atoms with van der Waals surface area (Å²) in [5, 5.41) is 10.6. The Kier molecular flexibility index (Phi) is 7.77. The number of nitrogens with two attached hydrogens (primary N) is 2. The second-order valence-corrected chi connectivity index (χ2v) is 5.45. The summed E-state index contributed by atoms with van der Waals surface area (Å²) in [4.78, 5) is 4.37. The van der Waals surface area contributed by atoms with Crippen molar-refractivity contribution >= 4 is 5.70 Å². The van der Waals surface area contributed by atoms with Crippen LogP contribution in [0.5, 0.6) is 5.75 Å². The Morgan fingerprint density at radius 2 is 2.17 bits per heavy atom. The van der Waals surface area contributed by atoms with Crippen LogP contribution in [-0.2, 0) is 0 Å². The summed E-state index contributed by atoms with van der Waals surface area (Å²) >= 11 is 0. The first-order chi connectivity index (χ1) is 10.9. The highest BCUT2D eigenvalue weighted by Gasteiger charge is 2.14. The summed E-state index contributed by atoms with van der Waals surface area (Å²) in [6.07, 6.45) is 2.12. The molecule has 0 radical (unpaired) electrons. The molecule has 5 N–H and O–H groups in total. The second kappa shape index (κ2) is 9.32. The average molecular weight is 326 g/mol. The molecule has 23 heavy (non-hydrogen) atoms. The van der Waals surface area contributed by atoms with E-state index in [0.717, 1.165) is 12.8 Å². The maximum absolute atomic E-state index is 13.0. The molecule has 1 unspecified atom stereocenters. The summed E-state index contributed by atoms with van der Waals surface area (Å²) in [5.41, 5.74) is 7.76. The molecule has 0 fully saturated rings. The lowest BCUT2D eigenvalue weighted by atomic mass is 10.1. The summed E-state index contributed by atoms with van der Waals surface area (Å²) in [6, 6.07) is 3.39. The van der Waals surface area contributed by atoms with Crippen molar-refractivity contribution in [2.24, 2.45) is 11.6 Å². The highest BCUT2D eigenvalue weighted by molar-refractivity contribution is 5.63. The fraction of sp³-hybridized carbons (Fsp3) is 0.562. The Morgan fingerprint density at radius 1 is 1.48 bits per heavy atom. The smallest absolute Gasteiger partial charge is 0.141 e. The van der Waals surface area contributed by atoms with E-state index in [1.54, 1.807) is 26.1 Å². The highest BCUT2D eigenvalue weighted by atomic mass is 19.1. The van der Waals surface area contributed by atoms with Crippen molar-refractivity contribution in [2.75, 3.05) is 20.3 Å². The van der Waals surface area contributed by atoms with Gasteiger partial charge in [-0.1, -0.05) is 13.3 Å². The van der Waals surface area contributed by atoms with Crippen molar-refractivity contribution in [2.45, 2.75) is 39.2 Å². The first kappa shape index (κ1) is 19.2. The number of aliphatic hydroxyl groups excluding tert-OH is 1. The predicted octanol–water partition coefficient (Wildman–Crippen LogP) is 1.72. The Morgan fingerprint density at radius 3 is 2.65 bits per heavy atom. The minimum Gasteiger partial charge on any atom is -0.486 e. The van der Waals surface area contributed by atoms with E-state index in [9.17, 15) is 9.50 Å². The molecule has 0 aliphatic rings. The van der Waals surface area contributed by atoms with E-state index >= 15 is 0 Å². The van der Waals surface area contributed by atoms with Crippen LogP contribution in [0.4, 0.5) is 4.39 Å². The van der Waals surface area contributed by atoms with Crippen LogP contribution in [-0.4, -0.2) is 41.5 Å². The quantitative estimate of drug-likeness (QED) is 0.472. The van der Waals surface area contributed by atoms with Gasteiger partial charge >= 0.3 is 0 Å². The predicted molar refractivity (Wildman–Crippen MR) is 89.0 cm³/mol. The van der Waals surface area contributed by atoms with E-state index in [1.807, 2.05) is 0 Å². The van der Waals surface area contributed by atoms with E-state index in [4.69, 9.17) is 16.3 Å². The number of rotatable bonds is 9. The number of unbranched alkanes of at least 4 members (excludes halogenated alkanes) is 1. The van der Waals surface area contributed by atoms with Crippen LogP contribution in [0.25, 0.3) is 5.70 Å². The number of hydrogen-bond donors (Lipinski definition) is 3. The molecule has 0 aliphatic heterocycles. The molecule has 0 amide bonds. The van der Waals surface area contributed by atoms with Crippen LogP contribution in [0.15, 0.2) is 17.8 Å². The zero-order valence-electron chi connectivity index (χ0n) is 14.1. The first-order valence-corrected chi connectivity index (χ1v) is 7.73. The number of pyridine rings is 1. The van der Waals surface area contributed by atoms with E-state index < -0.39 is 12.8 Å². The summed E-state index contributed by atoms with van der Waals surface area (Å²) in [6.45, 7) is 3.00. The number of aryl methyl sites for hydroxylation is 1. The van der Waals surface area contributed by atoms with Gasteiger partial charge in [-0.25, -0.2) is 15.2 Å². The Bertz CT molecular complexity index is 535. The van der Waals surface area contributed by atoms with E-state index in [0.29, 0.717) is 35.0 Å². The Hall–Kier alpha value is -1.86. The summed E-state index contributed by atoms with van der Waals surface area (Å²) < 4.78 is 18.7. The lowest BCUT2D eigenvalue weighted by Crippen LogP contribution is -2.29. The van der Waals surface area contributed by atoms with Gasteiger partial charge in [-0.15, -0.1) is 0 Å². The Balaban J connectivity index is 2.98. The van der Waals surface area contributed by atoms with E-state index in [2.05, 4.69) is 11.9 Å². The minimum absolute atomic E-state index is 0.292. The monoisotopic (exact) mass is 326 g/mol. The molecule has 0 aliphatic carbocycles. The van der Waals surface area contributed by atoms with Crippen molar-refractivity contribution in [1.29, 1.82) is 0 Å². The fourth-order valence-electron chi connectivity index (χ4n) is 2.14. The van der Waals surface area contributed by atoms with Crippen LogP contribution in [0, 0.1) is 6.92 Å². The van der Waals surface area contributed by atoms with Crippen molar-refractivity contribution < 1.29 is 14.2 Å². The molecule has 0 aromatic carbocycles. The van der Waals surface area contributed by atoms with Crippen LogP contribution in [0.2, 0.25) is 0 Å². The normalized spacial score (nSPS) is 13.5. The van der Waals surface area contributed by atoms with Gasteiger partial charge in [-0.3, -0.25) is 0 Å². The number of halogens is 1.